The third kappa shape index (κ3) is 4.28. The van der Waals surface area contributed by atoms with Crippen molar-refractivity contribution in [3.05, 3.63) is 82.1 Å². The van der Waals surface area contributed by atoms with Crippen molar-refractivity contribution in [3.63, 3.8) is 0 Å². The van der Waals surface area contributed by atoms with E-state index < -0.39 is 27.8 Å². The minimum atomic E-state index is -3.92. The topological polar surface area (TPSA) is 127 Å². The molecular formula is C23H20N2O6S2. The van der Waals surface area contributed by atoms with Gasteiger partial charge in [0.05, 0.1) is 17.1 Å². The summed E-state index contributed by atoms with van der Waals surface area (Å²) in [4.78, 5) is 28.0. The number of primary sulfonamides is 1. The highest BCUT2D eigenvalue weighted by molar-refractivity contribution is 7.89. The summed E-state index contributed by atoms with van der Waals surface area (Å²) in [7, 11) is -3.92. The standard InChI is InChI=1S/C23H20N2O6S2/c1-2-31-16-6-3-5-14(13-16)21(26)19-20(18-7-4-12-32-18)25(23(28)22(19)27)15-8-10-17(11-9-15)33(24,29)30/h3-13,20,26H,2H2,1H3,(H2,24,29,30)/b21-19-. The average Bonchev–Trinajstić information content (AvgIpc) is 3.40. The van der Waals surface area contributed by atoms with Crippen LogP contribution >= 0.6 is 11.3 Å². The van der Waals surface area contributed by atoms with Crippen molar-refractivity contribution in [2.75, 3.05) is 11.5 Å². The van der Waals surface area contributed by atoms with E-state index in [0.29, 0.717) is 28.5 Å². The van der Waals surface area contributed by atoms with E-state index in [2.05, 4.69) is 0 Å². The lowest BCUT2D eigenvalue weighted by Gasteiger charge is -2.24. The van der Waals surface area contributed by atoms with Crippen LogP contribution in [0.15, 0.2) is 76.5 Å². The number of hydrogen-bond acceptors (Lipinski definition) is 7. The molecule has 0 spiro atoms. The quantitative estimate of drug-likeness (QED) is 0.314. The van der Waals surface area contributed by atoms with Gasteiger partial charge >= 0.3 is 0 Å². The molecule has 1 aromatic heterocycles. The fourth-order valence-electron chi connectivity index (χ4n) is 3.67. The van der Waals surface area contributed by atoms with Crippen molar-refractivity contribution < 1.29 is 27.9 Å². The van der Waals surface area contributed by atoms with Crippen LogP contribution in [0.3, 0.4) is 0 Å². The van der Waals surface area contributed by atoms with Crippen LogP contribution in [-0.2, 0) is 19.6 Å². The van der Waals surface area contributed by atoms with E-state index in [-0.39, 0.29) is 16.2 Å². The number of carbonyl (C=O) groups excluding carboxylic acids is 2. The molecule has 0 bridgehead atoms. The Kier molecular flexibility index (Phi) is 6.07. The number of rotatable bonds is 6. The summed E-state index contributed by atoms with van der Waals surface area (Å²) in [6.45, 7) is 2.26. The highest BCUT2D eigenvalue weighted by atomic mass is 32.2. The van der Waals surface area contributed by atoms with Gasteiger partial charge in [0.25, 0.3) is 11.7 Å². The maximum absolute atomic E-state index is 13.1. The summed E-state index contributed by atoms with van der Waals surface area (Å²) in [5, 5.41) is 18.1. The summed E-state index contributed by atoms with van der Waals surface area (Å²) in [5.74, 6) is -1.48. The molecule has 1 atom stereocenters. The normalized spacial score (nSPS) is 18.0. The molecule has 0 saturated carbocycles. The fourth-order valence-corrected chi connectivity index (χ4v) is 5.01. The molecule has 2 aromatic carbocycles. The Hall–Kier alpha value is -3.47. The third-order valence-corrected chi connectivity index (χ3v) is 6.97. The Bertz CT molecular complexity index is 1350. The smallest absolute Gasteiger partial charge is 0.300 e. The molecule has 33 heavy (non-hydrogen) atoms. The number of sulfonamides is 1. The number of thiophene rings is 1. The molecule has 1 aliphatic rings. The van der Waals surface area contributed by atoms with E-state index >= 15 is 0 Å². The number of aliphatic hydroxyl groups excluding tert-OH is 1. The van der Waals surface area contributed by atoms with E-state index in [1.165, 1.54) is 40.5 Å². The molecule has 1 fully saturated rings. The summed E-state index contributed by atoms with van der Waals surface area (Å²) < 4.78 is 28.7. The van der Waals surface area contributed by atoms with Gasteiger partial charge in [0.1, 0.15) is 17.6 Å². The van der Waals surface area contributed by atoms with Gasteiger partial charge in [0.15, 0.2) is 0 Å². The van der Waals surface area contributed by atoms with Crippen LogP contribution in [0.2, 0.25) is 0 Å². The predicted octanol–water partition coefficient (Wildman–Crippen LogP) is 3.42. The Morgan fingerprint density at radius 2 is 1.85 bits per heavy atom. The summed E-state index contributed by atoms with van der Waals surface area (Å²) in [6.07, 6.45) is 0. The summed E-state index contributed by atoms with van der Waals surface area (Å²) in [5.41, 5.74) is 0.571. The van der Waals surface area contributed by atoms with Crippen molar-refractivity contribution in [1.29, 1.82) is 0 Å². The van der Waals surface area contributed by atoms with Crippen LogP contribution < -0.4 is 14.8 Å². The van der Waals surface area contributed by atoms with E-state index in [4.69, 9.17) is 9.88 Å². The third-order valence-electron chi connectivity index (χ3n) is 5.12. The van der Waals surface area contributed by atoms with Crippen molar-refractivity contribution in [2.24, 2.45) is 5.14 Å². The molecule has 2 heterocycles. The lowest BCUT2D eigenvalue weighted by atomic mass is 9.99. The number of ether oxygens (including phenoxy) is 1. The fraction of sp³-hybridized carbons (Fsp3) is 0.130. The highest BCUT2D eigenvalue weighted by Crippen LogP contribution is 2.43. The lowest BCUT2D eigenvalue weighted by molar-refractivity contribution is -0.132. The van der Waals surface area contributed by atoms with Gasteiger partial charge in [-0.05, 0) is 54.8 Å². The number of aliphatic hydroxyl groups is 1. The van der Waals surface area contributed by atoms with Crippen LogP contribution in [0.25, 0.3) is 5.76 Å². The maximum atomic E-state index is 13.1. The molecule has 3 aromatic rings. The van der Waals surface area contributed by atoms with Crippen molar-refractivity contribution in [1.82, 2.24) is 0 Å². The van der Waals surface area contributed by atoms with Crippen LogP contribution in [0.1, 0.15) is 23.4 Å². The molecule has 1 unspecified atom stereocenters. The molecule has 1 saturated heterocycles. The van der Waals surface area contributed by atoms with E-state index in [9.17, 15) is 23.1 Å². The Labute approximate surface area is 194 Å². The van der Waals surface area contributed by atoms with Gasteiger partial charge in [0.2, 0.25) is 10.0 Å². The zero-order chi connectivity index (χ0) is 23.8. The first-order valence-corrected chi connectivity index (χ1v) is 12.4. The molecule has 170 valence electrons. The molecule has 0 aliphatic carbocycles. The van der Waals surface area contributed by atoms with E-state index in [0.717, 1.165) is 0 Å². The number of Topliss-reactive ketones (excluding diaryl/α,β-unsaturated/α-hetero) is 1. The second-order valence-electron chi connectivity index (χ2n) is 7.18. The van der Waals surface area contributed by atoms with Gasteiger partial charge in [-0.1, -0.05) is 18.2 Å². The molecule has 3 N–H and O–H groups in total. The number of amides is 1. The molecule has 1 aliphatic heterocycles. The minimum absolute atomic E-state index is 0.0633. The van der Waals surface area contributed by atoms with Gasteiger partial charge in [-0.15, -0.1) is 11.3 Å². The van der Waals surface area contributed by atoms with Gasteiger partial charge < -0.3 is 9.84 Å². The molecule has 1 amide bonds. The number of hydrogen-bond donors (Lipinski definition) is 2. The van der Waals surface area contributed by atoms with Crippen molar-refractivity contribution in [2.45, 2.75) is 17.9 Å². The van der Waals surface area contributed by atoms with Crippen molar-refractivity contribution >= 4 is 44.5 Å². The average molecular weight is 485 g/mol. The first-order chi connectivity index (χ1) is 15.7. The van der Waals surface area contributed by atoms with Gasteiger partial charge in [0, 0.05) is 16.1 Å². The molecule has 4 rings (SSSR count). The zero-order valence-corrected chi connectivity index (χ0v) is 19.1. The minimum Gasteiger partial charge on any atom is -0.507 e. The maximum Gasteiger partial charge on any atom is 0.300 e. The second kappa shape index (κ2) is 8.81. The molecule has 0 radical (unpaired) electrons. The van der Waals surface area contributed by atoms with Gasteiger partial charge in [-0.2, -0.15) is 0 Å². The second-order valence-corrected chi connectivity index (χ2v) is 9.72. The summed E-state index contributed by atoms with van der Waals surface area (Å²) in [6, 6.07) is 14.6. The Morgan fingerprint density at radius 3 is 2.45 bits per heavy atom. The lowest BCUT2D eigenvalue weighted by Crippen LogP contribution is -2.29. The van der Waals surface area contributed by atoms with Crippen LogP contribution in [0, 0.1) is 0 Å². The Balaban J connectivity index is 1.86. The first kappa shape index (κ1) is 22.7. The monoisotopic (exact) mass is 484 g/mol. The Morgan fingerprint density at radius 1 is 1.12 bits per heavy atom. The molecule has 10 heteroatoms. The highest BCUT2D eigenvalue weighted by Gasteiger charge is 2.47. The van der Waals surface area contributed by atoms with E-state index in [1.807, 2.05) is 6.92 Å². The molecular weight excluding hydrogens is 464 g/mol. The van der Waals surface area contributed by atoms with Crippen LogP contribution in [0.5, 0.6) is 5.75 Å². The number of ketones is 1. The van der Waals surface area contributed by atoms with Crippen LogP contribution in [0.4, 0.5) is 5.69 Å². The van der Waals surface area contributed by atoms with Crippen molar-refractivity contribution in [3.8, 4) is 5.75 Å². The van der Waals surface area contributed by atoms with E-state index in [1.54, 1.807) is 41.8 Å². The zero-order valence-electron chi connectivity index (χ0n) is 17.5. The predicted molar refractivity (Wildman–Crippen MR) is 125 cm³/mol. The summed E-state index contributed by atoms with van der Waals surface area (Å²) >= 11 is 1.33. The number of benzene rings is 2. The van der Waals surface area contributed by atoms with Gasteiger partial charge in [-0.3, -0.25) is 14.5 Å². The number of carbonyl (C=O) groups is 2. The number of nitrogens with two attached hydrogens (primary N) is 1. The van der Waals surface area contributed by atoms with Crippen LogP contribution in [-0.4, -0.2) is 31.8 Å². The number of nitrogens with zero attached hydrogens (tertiary/aromatic N) is 1. The number of anilines is 1. The SMILES string of the molecule is CCOc1cccc(/C(O)=C2/C(=O)C(=O)N(c3ccc(S(N)(=O)=O)cc3)C2c2cccs2)c1. The largest absolute Gasteiger partial charge is 0.507 e. The first-order valence-electron chi connectivity index (χ1n) is 9.93. The molecule has 8 nitrogen and oxygen atoms in total. The van der Waals surface area contributed by atoms with Gasteiger partial charge in [-0.25, -0.2) is 13.6 Å².